The molecule has 2 N–H and O–H groups in total. The zero-order valence-electron chi connectivity index (χ0n) is 30.1. The van der Waals surface area contributed by atoms with Crippen molar-refractivity contribution in [2.45, 2.75) is 97.8 Å². The van der Waals surface area contributed by atoms with Crippen molar-refractivity contribution in [1.29, 1.82) is 0 Å². The van der Waals surface area contributed by atoms with Crippen LogP contribution in [0.5, 0.6) is 0 Å². The molecule has 2 nitrogen and oxygen atoms in total. The Morgan fingerprint density at radius 3 is 1.60 bits per heavy atom. The molecule has 0 aliphatic heterocycles. The first-order valence-corrected chi connectivity index (χ1v) is 18.5. The number of benzene rings is 5. The number of rotatable bonds is 14. The number of nitrogen functional groups attached to an aromatic ring is 1. The fourth-order valence-electron chi connectivity index (χ4n) is 6.35. The van der Waals surface area contributed by atoms with Crippen molar-refractivity contribution in [2.24, 2.45) is 0 Å². The average Bonchev–Trinajstić information content (AvgIpc) is 3.12. The Hall–Kier alpha value is -4.30. The smallest absolute Gasteiger partial charge is 0.0408 e. The number of nitrogens with zero attached hydrogens (tertiary/aromatic N) is 1. The molecule has 48 heavy (non-hydrogen) atoms. The quantitative estimate of drug-likeness (QED) is 0.0968. The van der Waals surface area contributed by atoms with Gasteiger partial charge in [-0.05, 0) is 120 Å². The van der Waals surface area contributed by atoms with Crippen molar-refractivity contribution in [3.8, 4) is 11.1 Å². The Labute approximate surface area is 292 Å². The lowest BCUT2D eigenvalue weighted by Gasteiger charge is -2.20. The fourth-order valence-corrected chi connectivity index (χ4v) is 6.35. The van der Waals surface area contributed by atoms with E-state index in [4.69, 9.17) is 5.73 Å². The Bertz CT molecular complexity index is 1600. The molecule has 5 aromatic rings. The molecule has 5 aromatic carbocycles. The van der Waals surface area contributed by atoms with Gasteiger partial charge in [-0.1, -0.05) is 138 Å². The molecule has 0 fully saturated rings. The van der Waals surface area contributed by atoms with E-state index in [9.17, 15) is 0 Å². The van der Waals surface area contributed by atoms with Crippen LogP contribution in [0.1, 0.15) is 93.5 Å². The number of fused-ring (bicyclic) bond motifs is 1. The Kier molecular flexibility index (Phi) is 15.3. The molecule has 0 aromatic heterocycles. The SMILES string of the molecule is CC.CCCc1ccc(N(C)c2ccc(-c3ccccc3)cc2)cc1.Nc1cccc(CCCCCCCCc2ccc3c(c2)CC3)c1. The van der Waals surface area contributed by atoms with Gasteiger partial charge in [0.1, 0.15) is 0 Å². The van der Waals surface area contributed by atoms with Crippen molar-refractivity contribution >= 4 is 17.1 Å². The zero-order chi connectivity index (χ0) is 34.0. The summed E-state index contributed by atoms with van der Waals surface area (Å²) in [5, 5.41) is 0. The second kappa shape index (κ2) is 20.2. The first kappa shape index (κ1) is 36.5. The van der Waals surface area contributed by atoms with Crippen LogP contribution in [-0.2, 0) is 32.1 Å². The molecule has 0 amide bonds. The summed E-state index contributed by atoms with van der Waals surface area (Å²) in [5.74, 6) is 0. The van der Waals surface area contributed by atoms with Crippen molar-refractivity contribution in [2.75, 3.05) is 17.7 Å². The van der Waals surface area contributed by atoms with E-state index >= 15 is 0 Å². The molecule has 1 aliphatic carbocycles. The lowest BCUT2D eigenvalue weighted by molar-refractivity contribution is 0.593. The highest BCUT2D eigenvalue weighted by molar-refractivity contribution is 5.69. The van der Waals surface area contributed by atoms with Gasteiger partial charge in [-0.3, -0.25) is 0 Å². The molecule has 252 valence electrons. The van der Waals surface area contributed by atoms with Gasteiger partial charge in [0.2, 0.25) is 0 Å². The van der Waals surface area contributed by atoms with Gasteiger partial charge in [-0.15, -0.1) is 0 Å². The highest BCUT2D eigenvalue weighted by Crippen LogP contribution is 2.28. The van der Waals surface area contributed by atoms with Crippen molar-refractivity contribution in [1.82, 2.24) is 0 Å². The summed E-state index contributed by atoms with van der Waals surface area (Å²) < 4.78 is 0. The van der Waals surface area contributed by atoms with E-state index in [-0.39, 0.29) is 0 Å². The maximum Gasteiger partial charge on any atom is 0.0408 e. The lowest BCUT2D eigenvalue weighted by Crippen LogP contribution is -2.09. The Morgan fingerprint density at radius 2 is 1.04 bits per heavy atom. The summed E-state index contributed by atoms with van der Waals surface area (Å²) in [6.45, 7) is 6.22. The van der Waals surface area contributed by atoms with E-state index in [1.54, 1.807) is 16.7 Å². The molecule has 0 saturated heterocycles. The molecule has 6 rings (SSSR count). The summed E-state index contributed by atoms with van der Waals surface area (Å²) >= 11 is 0. The first-order valence-electron chi connectivity index (χ1n) is 18.5. The maximum absolute atomic E-state index is 5.81. The monoisotopic (exact) mass is 638 g/mol. The standard InChI is InChI=1S/C22H23N.C22H29N.C2H6/c1-3-7-18-10-14-21(15-11-18)23(2)22-16-12-20(13-17-22)19-8-5-4-6-9-19;23-22-11-7-10-18(17-22)8-5-3-1-2-4-6-9-19-12-13-20-14-15-21(20)16-19;1-2/h4-6,8-17H,3,7H2,1-2H3;7,10-13,16-17H,1-6,8-9,14-15,23H2;1-2H3. The Morgan fingerprint density at radius 1 is 0.500 bits per heavy atom. The second-order valence-corrected chi connectivity index (χ2v) is 12.9. The average molecular weight is 639 g/mol. The van der Waals surface area contributed by atoms with Gasteiger partial charge in [0.25, 0.3) is 0 Å². The number of nitrogens with two attached hydrogens (primary N) is 1. The number of aryl methyl sites for hydroxylation is 5. The molecular formula is C46H58N2. The zero-order valence-corrected chi connectivity index (χ0v) is 30.1. The molecule has 0 atom stereocenters. The van der Waals surface area contributed by atoms with Gasteiger partial charge in [0.05, 0.1) is 0 Å². The van der Waals surface area contributed by atoms with Crippen LogP contribution >= 0.6 is 0 Å². The number of unbranched alkanes of at least 4 members (excludes halogenated alkanes) is 5. The Balaban J connectivity index is 0.000000206. The highest BCUT2D eigenvalue weighted by Gasteiger charge is 2.12. The van der Waals surface area contributed by atoms with Gasteiger partial charge in [-0.2, -0.15) is 0 Å². The van der Waals surface area contributed by atoms with Crippen LogP contribution in [0.25, 0.3) is 11.1 Å². The molecule has 0 spiro atoms. The van der Waals surface area contributed by atoms with Crippen LogP contribution in [0.4, 0.5) is 17.1 Å². The molecular weight excluding hydrogens is 581 g/mol. The van der Waals surface area contributed by atoms with Gasteiger partial charge in [0.15, 0.2) is 0 Å². The topological polar surface area (TPSA) is 29.3 Å². The highest BCUT2D eigenvalue weighted by atomic mass is 15.1. The molecule has 1 aliphatic rings. The van der Waals surface area contributed by atoms with E-state index in [1.807, 2.05) is 26.0 Å². The summed E-state index contributed by atoms with van der Waals surface area (Å²) in [7, 11) is 2.12. The lowest BCUT2D eigenvalue weighted by atomic mass is 9.86. The minimum Gasteiger partial charge on any atom is -0.399 e. The van der Waals surface area contributed by atoms with Gasteiger partial charge in [0, 0.05) is 24.1 Å². The van der Waals surface area contributed by atoms with Crippen molar-refractivity contribution in [3.63, 3.8) is 0 Å². The summed E-state index contributed by atoms with van der Waals surface area (Å²) in [5.41, 5.74) is 19.1. The third kappa shape index (κ3) is 11.4. The minimum atomic E-state index is 0.887. The van der Waals surface area contributed by atoms with E-state index in [0.717, 1.165) is 12.1 Å². The summed E-state index contributed by atoms with van der Waals surface area (Å²) in [4.78, 5) is 2.23. The summed E-state index contributed by atoms with van der Waals surface area (Å²) in [6.07, 6.45) is 15.4. The van der Waals surface area contributed by atoms with Crippen LogP contribution in [0.2, 0.25) is 0 Å². The number of anilines is 3. The van der Waals surface area contributed by atoms with Crippen molar-refractivity contribution < 1.29 is 0 Å². The summed E-state index contributed by atoms with van der Waals surface area (Å²) in [6, 6.07) is 43.5. The van der Waals surface area contributed by atoms with E-state index in [2.05, 4.69) is 128 Å². The normalized spacial score (nSPS) is 11.2. The van der Waals surface area contributed by atoms with Crippen LogP contribution in [-0.4, -0.2) is 7.05 Å². The molecule has 0 radical (unpaired) electrons. The predicted molar refractivity (Wildman–Crippen MR) is 212 cm³/mol. The predicted octanol–water partition coefficient (Wildman–Crippen LogP) is 12.6. The van der Waals surface area contributed by atoms with E-state index < -0.39 is 0 Å². The van der Waals surface area contributed by atoms with Crippen LogP contribution in [0, 0.1) is 0 Å². The third-order valence-corrected chi connectivity index (χ3v) is 9.29. The van der Waals surface area contributed by atoms with Gasteiger partial charge in [-0.25, -0.2) is 0 Å². The fraction of sp³-hybridized carbons (Fsp3) is 0.348. The molecule has 0 saturated carbocycles. The van der Waals surface area contributed by atoms with Crippen LogP contribution < -0.4 is 10.6 Å². The molecule has 0 bridgehead atoms. The molecule has 0 unspecified atom stereocenters. The largest absolute Gasteiger partial charge is 0.399 e. The first-order chi connectivity index (χ1) is 23.6. The van der Waals surface area contributed by atoms with Crippen LogP contribution in [0.15, 0.2) is 121 Å². The number of hydrogen-bond donors (Lipinski definition) is 1. The van der Waals surface area contributed by atoms with Crippen molar-refractivity contribution in [3.05, 3.63) is 149 Å². The van der Waals surface area contributed by atoms with Gasteiger partial charge < -0.3 is 10.6 Å². The van der Waals surface area contributed by atoms with Crippen LogP contribution in [0.3, 0.4) is 0 Å². The second-order valence-electron chi connectivity index (χ2n) is 12.9. The third-order valence-electron chi connectivity index (χ3n) is 9.29. The maximum atomic E-state index is 5.81. The van der Waals surface area contributed by atoms with E-state index in [1.165, 1.54) is 104 Å². The minimum absolute atomic E-state index is 0.887. The molecule has 2 heteroatoms. The molecule has 0 heterocycles. The van der Waals surface area contributed by atoms with Gasteiger partial charge >= 0.3 is 0 Å². The number of hydrogen-bond acceptors (Lipinski definition) is 2. The van der Waals surface area contributed by atoms with E-state index in [0.29, 0.717) is 0 Å².